The molecule has 0 aromatic heterocycles. The third-order valence-electron chi connectivity index (χ3n) is 4.42. The molecule has 0 N–H and O–H groups in total. The quantitative estimate of drug-likeness (QED) is 0.798. The summed E-state index contributed by atoms with van der Waals surface area (Å²) in [5, 5.41) is 0.167. The maximum absolute atomic E-state index is 14.0. The average molecular weight is 318 g/mol. The van der Waals surface area contributed by atoms with Gasteiger partial charge in [0.2, 0.25) is 0 Å². The lowest BCUT2D eigenvalue weighted by Crippen LogP contribution is -2.36. The van der Waals surface area contributed by atoms with Gasteiger partial charge in [-0.25, -0.2) is 4.39 Å². The lowest BCUT2D eigenvalue weighted by molar-refractivity contribution is 0.0737. The number of carbonyl (C=O) groups is 1. The van der Waals surface area contributed by atoms with Gasteiger partial charge in [0.1, 0.15) is 5.82 Å². The molecule has 0 saturated carbocycles. The van der Waals surface area contributed by atoms with Gasteiger partial charge < -0.3 is 4.90 Å². The van der Waals surface area contributed by atoms with E-state index in [2.05, 4.69) is 12.1 Å². The summed E-state index contributed by atoms with van der Waals surface area (Å²) in [5.74, 6) is -0.613. The van der Waals surface area contributed by atoms with E-state index in [1.807, 2.05) is 25.1 Å². The highest BCUT2D eigenvalue weighted by Crippen LogP contribution is 2.35. The third kappa shape index (κ3) is 2.61. The van der Waals surface area contributed by atoms with Crippen molar-refractivity contribution in [3.63, 3.8) is 0 Å². The largest absolute Gasteiger partial charge is 0.335 e. The second-order valence-electron chi connectivity index (χ2n) is 5.64. The number of halogens is 2. The molecule has 0 aliphatic carbocycles. The van der Waals surface area contributed by atoms with Crippen LogP contribution in [0, 0.1) is 5.82 Å². The molecule has 0 radical (unpaired) electrons. The van der Waals surface area contributed by atoms with Gasteiger partial charge in [-0.05, 0) is 31.0 Å². The third-order valence-corrected chi connectivity index (χ3v) is 4.74. The Morgan fingerprint density at radius 1 is 1.18 bits per heavy atom. The molecule has 1 aliphatic rings. The second-order valence-corrected chi connectivity index (χ2v) is 6.05. The molecule has 22 heavy (non-hydrogen) atoms. The Hall–Kier alpha value is -1.87. The van der Waals surface area contributed by atoms with Crippen molar-refractivity contribution in [3.8, 4) is 0 Å². The van der Waals surface area contributed by atoms with Crippen LogP contribution in [-0.4, -0.2) is 23.4 Å². The number of amides is 1. The van der Waals surface area contributed by atoms with Gasteiger partial charge in [0.25, 0.3) is 5.91 Å². The number of rotatable bonds is 2. The molecule has 1 amide bonds. The number of benzene rings is 2. The van der Waals surface area contributed by atoms with E-state index in [1.165, 1.54) is 17.7 Å². The van der Waals surface area contributed by atoms with Crippen molar-refractivity contribution in [1.29, 1.82) is 0 Å². The standard InChI is InChI=1S/C18H17ClFNO/c1-12-14(13-6-3-2-4-7-13)10-11-21(12)18(22)17-15(19)8-5-9-16(17)20/h2-9,12,14H,10-11H2,1H3. The van der Waals surface area contributed by atoms with E-state index in [4.69, 9.17) is 11.6 Å². The van der Waals surface area contributed by atoms with E-state index < -0.39 is 5.82 Å². The molecule has 114 valence electrons. The zero-order valence-electron chi connectivity index (χ0n) is 12.3. The van der Waals surface area contributed by atoms with Crippen molar-refractivity contribution < 1.29 is 9.18 Å². The van der Waals surface area contributed by atoms with E-state index in [-0.39, 0.29) is 28.5 Å². The smallest absolute Gasteiger partial charge is 0.258 e. The van der Waals surface area contributed by atoms with Crippen molar-refractivity contribution in [2.24, 2.45) is 0 Å². The summed E-state index contributed by atoms with van der Waals surface area (Å²) in [4.78, 5) is 14.4. The van der Waals surface area contributed by atoms with Crippen LogP contribution in [0.2, 0.25) is 5.02 Å². The molecule has 4 heteroatoms. The first kappa shape index (κ1) is 15.0. The van der Waals surface area contributed by atoms with E-state index in [0.29, 0.717) is 6.54 Å². The van der Waals surface area contributed by atoms with Gasteiger partial charge in [-0.15, -0.1) is 0 Å². The number of hydrogen-bond acceptors (Lipinski definition) is 1. The topological polar surface area (TPSA) is 20.3 Å². The normalized spacial score (nSPS) is 21.1. The minimum absolute atomic E-state index is 0.0190. The maximum atomic E-state index is 14.0. The van der Waals surface area contributed by atoms with Crippen LogP contribution in [-0.2, 0) is 0 Å². The SMILES string of the molecule is CC1C(c2ccccc2)CCN1C(=O)c1c(F)cccc1Cl. The Kier molecular flexibility index (Phi) is 4.16. The molecule has 2 atom stereocenters. The van der Waals surface area contributed by atoms with Crippen LogP contribution in [0.1, 0.15) is 35.2 Å². The Morgan fingerprint density at radius 2 is 1.91 bits per heavy atom. The highest BCUT2D eigenvalue weighted by atomic mass is 35.5. The molecule has 3 rings (SSSR count). The number of likely N-dealkylation sites (tertiary alicyclic amines) is 1. The van der Waals surface area contributed by atoms with Gasteiger partial charge in [-0.2, -0.15) is 0 Å². The summed E-state index contributed by atoms with van der Waals surface area (Å²) < 4.78 is 14.0. The van der Waals surface area contributed by atoms with Crippen molar-refractivity contribution in [1.82, 2.24) is 4.90 Å². The molecule has 2 nitrogen and oxygen atoms in total. The molecule has 2 unspecified atom stereocenters. The molecular weight excluding hydrogens is 301 g/mol. The molecule has 1 heterocycles. The summed E-state index contributed by atoms with van der Waals surface area (Å²) in [6, 6.07) is 14.5. The van der Waals surface area contributed by atoms with Crippen LogP contribution in [0.4, 0.5) is 4.39 Å². The van der Waals surface area contributed by atoms with E-state index >= 15 is 0 Å². The van der Waals surface area contributed by atoms with E-state index in [1.54, 1.807) is 11.0 Å². The van der Waals surface area contributed by atoms with Gasteiger partial charge in [0.05, 0.1) is 10.6 Å². The Morgan fingerprint density at radius 3 is 2.59 bits per heavy atom. The van der Waals surface area contributed by atoms with E-state index in [0.717, 1.165) is 6.42 Å². The molecule has 0 bridgehead atoms. The van der Waals surface area contributed by atoms with Gasteiger partial charge >= 0.3 is 0 Å². The fourth-order valence-electron chi connectivity index (χ4n) is 3.22. The summed E-state index contributed by atoms with van der Waals surface area (Å²) in [6.07, 6.45) is 0.878. The lowest BCUT2D eigenvalue weighted by Gasteiger charge is -2.25. The second kappa shape index (κ2) is 6.09. The highest BCUT2D eigenvalue weighted by molar-refractivity contribution is 6.33. The van der Waals surface area contributed by atoms with Gasteiger partial charge in [0, 0.05) is 18.5 Å². The minimum Gasteiger partial charge on any atom is -0.335 e. The summed E-state index contributed by atoms with van der Waals surface area (Å²) in [6.45, 7) is 2.63. The van der Waals surface area contributed by atoms with Crippen molar-refractivity contribution >= 4 is 17.5 Å². The monoisotopic (exact) mass is 317 g/mol. The average Bonchev–Trinajstić information content (AvgIpc) is 2.89. The molecule has 2 aromatic rings. The van der Waals surface area contributed by atoms with E-state index in [9.17, 15) is 9.18 Å². The fraction of sp³-hybridized carbons (Fsp3) is 0.278. The lowest BCUT2D eigenvalue weighted by atomic mass is 9.93. The summed E-state index contributed by atoms with van der Waals surface area (Å²) in [7, 11) is 0. The zero-order chi connectivity index (χ0) is 15.7. The Labute approximate surface area is 134 Å². The van der Waals surface area contributed by atoms with Crippen molar-refractivity contribution in [3.05, 3.63) is 70.5 Å². The van der Waals surface area contributed by atoms with Gasteiger partial charge in [-0.3, -0.25) is 4.79 Å². The predicted octanol–water partition coefficient (Wildman–Crippen LogP) is 4.50. The Balaban J connectivity index is 1.86. The summed E-state index contributed by atoms with van der Waals surface area (Å²) >= 11 is 6.02. The van der Waals surface area contributed by atoms with Crippen LogP contribution in [0.3, 0.4) is 0 Å². The van der Waals surface area contributed by atoms with Crippen LogP contribution in [0.15, 0.2) is 48.5 Å². The molecule has 1 saturated heterocycles. The number of nitrogens with zero attached hydrogens (tertiary/aromatic N) is 1. The predicted molar refractivity (Wildman–Crippen MR) is 85.7 cm³/mol. The molecular formula is C18H17ClFNO. The first-order chi connectivity index (χ1) is 10.6. The van der Waals surface area contributed by atoms with Crippen molar-refractivity contribution in [2.45, 2.75) is 25.3 Å². The number of carbonyl (C=O) groups excluding carboxylic acids is 1. The van der Waals surface area contributed by atoms with Gasteiger partial charge in [0.15, 0.2) is 0 Å². The summed E-state index contributed by atoms with van der Waals surface area (Å²) in [5.41, 5.74) is 1.19. The van der Waals surface area contributed by atoms with Crippen LogP contribution < -0.4 is 0 Å². The molecule has 1 fully saturated rings. The molecule has 1 aliphatic heterocycles. The first-order valence-electron chi connectivity index (χ1n) is 7.39. The van der Waals surface area contributed by atoms with Crippen LogP contribution >= 0.6 is 11.6 Å². The first-order valence-corrected chi connectivity index (χ1v) is 7.77. The Bertz CT molecular complexity index is 668. The van der Waals surface area contributed by atoms with Gasteiger partial charge in [-0.1, -0.05) is 48.0 Å². The molecule has 0 spiro atoms. The van der Waals surface area contributed by atoms with Crippen molar-refractivity contribution in [2.75, 3.05) is 6.54 Å². The molecule has 2 aromatic carbocycles. The number of hydrogen-bond donors (Lipinski definition) is 0. The van der Waals surface area contributed by atoms with Crippen LogP contribution in [0.25, 0.3) is 0 Å². The maximum Gasteiger partial charge on any atom is 0.258 e. The minimum atomic E-state index is -0.562. The fourth-order valence-corrected chi connectivity index (χ4v) is 3.46. The highest BCUT2D eigenvalue weighted by Gasteiger charge is 2.36. The van der Waals surface area contributed by atoms with Crippen LogP contribution in [0.5, 0.6) is 0 Å². The zero-order valence-corrected chi connectivity index (χ0v) is 13.1.